The maximum absolute atomic E-state index is 6.36. The molecule has 0 bridgehead atoms. The van der Waals surface area contributed by atoms with Gasteiger partial charge < -0.3 is 9.32 Å². The van der Waals surface area contributed by atoms with Gasteiger partial charge in [-0.05, 0) is 98.2 Å². The molecule has 0 saturated heterocycles. The van der Waals surface area contributed by atoms with Crippen LogP contribution in [0.2, 0.25) is 0 Å². The fraction of sp³-hybridized carbons (Fsp3) is 0. The van der Waals surface area contributed by atoms with Crippen molar-refractivity contribution < 1.29 is 4.42 Å². The molecule has 10 rings (SSSR count). The van der Waals surface area contributed by atoms with Gasteiger partial charge in [-0.3, -0.25) is 0 Å². The van der Waals surface area contributed by atoms with Crippen LogP contribution in [0.25, 0.3) is 76.5 Å². The molecule has 0 amide bonds. The Labute approximate surface area is 290 Å². The zero-order valence-electron chi connectivity index (χ0n) is 27.3. The molecule has 0 radical (unpaired) electrons. The number of benzene rings is 9. The highest BCUT2D eigenvalue weighted by Gasteiger charge is 2.19. The predicted octanol–water partition coefficient (Wildman–Crippen LogP) is 13.8. The summed E-state index contributed by atoms with van der Waals surface area (Å²) in [4.78, 5) is 2.37. The van der Waals surface area contributed by atoms with Crippen LogP contribution in [-0.2, 0) is 0 Å². The van der Waals surface area contributed by atoms with Crippen molar-refractivity contribution in [2.45, 2.75) is 0 Å². The highest BCUT2D eigenvalue weighted by molar-refractivity contribution is 6.34. The number of anilines is 3. The second-order valence-corrected chi connectivity index (χ2v) is 12.9. The third kappa shape index (κ3) is 4.50. The summed E-state index contributed by atoms with van der Waals surface area (Å²) in [5.41, 5.74) is 9.90. The molecule has 0 spiro atoms. The summed E-state index contributed by atoms with van der Waals surface area (Å²) in [5.74, 6) is 0. The summed E-state index contributed by atoms with van der Waals surface area (Å²) in [7, 11) is 0. The molecule has 9 aromatic carbocycles. The molecule has 0 N–H and O–H groups in total. The Hall–Kier alpha value is -6.64. The van der Waals surface area contributed by atoms with E-state index in [1.165, 1.54) is 60.0 Å². The van der Waals surface area contributed by atoms with Gasteiger partial charge in [-0.15, -0.1) is 0 Å². The molecule has 0 fully saturated rings. The molecule has 0 aliphatic heterocycles. The van der Waals surface area contributed by atoms with Crippen molar-refractivity contribution in [2.75, 3.05) is 4.90 Å². The minimum Gasteiger partial charge on any atom is -0.456 e. The number of hydrogen-bond donors (Lipinski definition) is 0. The van der Waals surface area contributed by atoms with E-state index in [0.29, 0.717) is 0 Å². The fourth-order valence-electron chi connectivity index (χ4n) is 7.80. The van der Waals surface area contributed by atoms with Gasteiger partial charge in [-0.25, -0.2) is 0 Å². The SMILES string of the molecule is c1ccc(-c2ccccc2N(c2ccccc2)c2cccc(-c3ccc4c5ccccc5c5c(ccc6oc7ccccc7c65)c4c3)c2)cc1. The molecule has 0 atom stereocenters. The van der Waals surface area contributed by atoms with Crippen molar-refractivity contribution >= 4 is 71.3 Å². The molecular weight excluding hydrogens is 607 g/mol. The van der Waals surface area contributed by atoms with E-state index in [0.717, 1.165) is 33.6 Å². The van der Waals surface area contributed by atoms with Gasteiger partial charge in [0.25, 0.3) is 0 Å². The zero-order chi connectivity index (χ0) is 33.0. The molecule has 10 aromatic rings. The Morgan fingerprint density at radius 2 is 0.920 bits per heavy atom. The van der Waals surface area contributed by atoms with E-state index in [1.54, 1.807) is 0 Å². The topological polar surface area (TPSA) is 16.4 Å². The maximum atomic E-state index is 6.36. The molecule has 1 aromatic heterocycles. The summed E-state index contributed by atoms with van der Waals surface area (Å²) < 4.78 is 6.36. The van der Waals surface area contributed by atoms with Gasteiger partial charge in [-0.1, -0.05) is 133 Å². The third-order valence-electron chi connectivity index (χ3n) is 10.0. The second-order valence-electron chi connectivity index (χ2n) is 12.9. The van der Waals surface area contributed by atoms with Crippen molar-refractivity contribution in [2.24, 2.45) is 0 Å². The highest BCUT2D eigenvalue weighted by Crippen LogP contribution is 2.45. The average molecular weight is 638 g/mol. The number of fused-ring (bicyclic) bond motifs is 10. The standard InChI is InChI=1S/C48H31NO/c1-3-14-32(15-4-1)37-20-9-11-24-44(37)49(35-17-5-2-6-18-35)36-19-13-16-33(30-36)34-26-27-39-38-21-7-8-22-40(38)47-41(43(39)31-34)28-29-46-48(47)42-23-10-12-25-45(42)50-46/h1-31H. The van der Waals surface area contributed by atoms with Crippen LogP contribution >= 0.6 is 0 Å². The lowest BCUT2D eigenvalue weighted by Gasteiger charge is -2.28. The summed E-state index contributed by atoms with van der Waals surface area (Å²) in [6.07, 6.45) is 0. The van der Waals surface area contributed by atoms with Crippen LogP contribution in [0.5, 0.6) is 0 Å². The zero-order valence-corrected chi connectivity index (χ0v) is 27.3. The van der Waals surface area contributed by atoms with Crippen LogP contribution in [0.3, 0.4) is 0 Å². The van der Waals surface area contributed by atoms with Crippen LogP contribution in [0.1, 0.15) is 0 Å². The second kappa shape index (κ2) is 11.5. The largest absolute Gasteiger partial charge is 0.456 e. The van der Waals surface area contributed by atoms with Gasteiger partial charge in [0.15, 0.2) is 0 Å². The Kier molecular flexibility index (Phi) is 6.53. The van der Waals surface area contributed by atoms with Crippen molar-refractivity contribution in [3.05, 3.63) is 188 Å². The van der Waals surface area contributed by atoms with Gasteiger partial charge in [0.05, 0.1) is 5.69 Å². The first-order valence-corrected chi connectivity index (χ1v) is 17.1. The lowest BCUT2D eigenvalue weighted by Crippen LogP contribution is -2.11. The van der Waals surface area contributed by atoms with E-state index >= 15 is 0 Å². The van der Waals surface area contributed by atoms with Gasteiger partial charge in [0, 0.05) is 33.1 Å². The Balaban J connectivity index is 1.19. The molecule has 2 nitrogen and oxygen atoms in total. The van der Waals surface area contributed by atoms with Crippen molar-refractivity contribution in [3.63, 3.8) is 0 Å². The predicted molar refractivity (Wildman–Crippen MR) is 212 cm³/mol. The summed E-state index contributed by atoms with van der Waals surface area (Å²) in [6, 6.07) is 67.4. The molecule has 234 valence electrons. The molecule has 50 heavy (non-hydrogen) atoms. The van der Waals surface area contributed by atoms with E-state index in [1.807, 2.05) is 6.07 Å². The van der Waals surface area contributed by atoms with E-state index in [-0.39, 0.29) is 0 Å². The molecule has 0 aliphatic carbocycles. The smallest absolute Gasteiger partial charge is 0.136 e. The van der Waals surface area contributed by atoms with E-state index in [2.05, 4.69) is 187 Å². The lowest BCUT2D eigenvalue weighted by atomic mass is 9.90. The molecule has 1 heterocycles. The number of hydrogen-bond acceptors (Lipinski definition) is 2. The molecular formula is C48H31NO. The van der Waals surface area contributed by atoms with Crippen molar-refractivity contribution in [1.29, 1.82) is 0 Å². The third-order valence-corrected chi connectivity index (χ3v) is 10.0. The van der Waals surface area contributed by atoms with E-state index in [4.69, 9.17) is 4.42 Å². The number of furan rings is 1. The van der Waals surface area contributed by atoms with Gasteiger partial charge >= 0.3 is 0 Å². The molecule has 0 unspecified atom stereocenters. The fourth-order valence-corrected chi connectivity index (χ4v) is 7.80. The number of rotatable bonds is 5. The van der Waals surface area contributed by atoms with E-state index in [9.17, 15) is 0 Å². The van der Waals surface area contributed by atoms with Crippen LogP contribution in [0.4, 0.5) is 17.1 Å². The first kappa shape index (κ1) is 28.4. The first-order chi connectivity index (χ1) is 24.8. The maximum Gasteiger partial charge on any atom is 0.136 e. The van der Waals surface area contributed by atoms with Crippen LogP contribution in [0, 0.1) is 0 Å². The Morgan fingerprint density at radius 1 is 0.320 bits per heavy atom. The number of nitrogens with zero attached hydrogens (tertiary/aromatic N) is 1. The van der Waals surface area contributed by atoms with Gasteiger partial charge in [-0.2, -0.15) is 0 Å². The minimum atomic E-state index is 0.918. The summed E-state index contributed by atoms with van der Waals surface area (Å²) >= 11 is 0. The normalized spacial score (nSPS) is 11.6. The average Bonchev–Trinajstić information content (AvgIpc) is 3.58. The van der Waals surface area contributed by atoms with Crippen molar-refractivity contribution in [1.82, 2.24) is 0 Å². The summed E-state index contributed by atoms with van der Waals surface area (Å²) in [6.45, 7) is 0. The molecule has 0 aliphatic rings. The number of para-hydroxylation sites is 3. The highest BCUT2D eigenvalue weighted by atomic mass is 16.3. The van der Waals surface area contributed by atoms with Gasteiger partial charge in [0.2, 0.25) is 0 Å². The van der Waals surface area contributed by atoms with Crippen LogP contribution < -0.4 is 4.90 Å². The monoisotopic (exact) mass is 637 g/mol. The van der Waals surface area contributed by atoms with Gasteiger partial charge in [0.1, 0.15) is 11.2 Å². The summed E-state index contributed by atoms with van der Waals surface area (Å²) in [5, 5.41) is 9.80. The van der Waals surface area contributed by atoms with Crippen LogP contribution in [-0.4, -0.2) is 0 Å². The van der Waals surface area contributed by atoms with Crippen LogP contribution in [0.15, 0.2) is 192 Å². The lowest BCUT2D eigenvalue weighted by molar-refractivity contribution is 0.669. The molecule has 2 heteroatoms. The quantitative estimate of drug-likeness (QED) is 0.175. The Bertz CT molecular complexity index is 2870. The first-order valence-electron chi connectivity index (χ1n) is 17.1. The Morgan fingerprint density at radius 3 is 1.78 bits per heavy atom. The van der Waals surface area contributed by atoms with E-state index < -0.39 is 0 Å². The minimum absolute atomic E-state index is 0.918. The molecule has 0 saturated carbocycles. The van der Waals surface area contributed by atoms with Crippen molar-refractivity contribution in [3.8, 4) is 22.3 Å².